The molecule has 1 N–H and O–H groups in total. The first-order valence-electron chi connectivity index (χ1n) is 8.04. The van der Waals surface area contributed by atoms with Crippen molar-refractivity contribution in [1.82, 2.24) is 5.32 Å². The Bertz CT molecular complexity index is 833. The van der Waals surface area contributed by atoms with Crippen LogP contribution in [0.5, 0.6) is 5.75 Å². The molecule has 0 amide bonds. The molecule has 2 unspecified atom stereocenters. The molecule has 2 aromatic rings. The lowest BCUT2D eigenvalue weighted by atomic mass is 9.90. The zero-order chi connectivity index (χ0) is 17.1. The van der Waals surface area contributed by atoms with Gasteiger partial charge in [0, 0.05) is 17.7 Å². The van der Waals surface area contributed by atoms with Crippen molar-refractivity contribution in [3.8, 4) is 5.75 Å². The number of benzene rings is 2. The van der Waals surface area contributed by atoms with E-state index in [-0.39, 0.29) is 6.04 Å². The second-order valence-electron chi connectivity index (χ2n) is 6.82. The topological polar surface area (TPSA) is 24.5 Å². The molecule has 2 aliphatic rings. The number of nitrogens with zero attached hydrogens (tertiary/aromatic N) is 1. The predicted molar refractivity (Wildman–Crippen MR) is 102 cm³/mol. The Morgan fingerprint density at radius 1 is 1.25 bits per heavy atom. The van der Waals surface area contributed by atoms with Crippen LogP contribution in [0.3, 0.4) is 0 Å². The van der Waals surface area contributed by atoms with E-state index in [1.54, 1.807) is 0 Å². The van der Waals surface area contributed by atoms with Crippen LogP contribution in [0, 0.1) is 13.8 Å². The molecule has 0 saturated carbocycles. The van der Waals surface area contributed by atoms with Gasteiger partial charge in [0.05, 0.1) is 11.1 Å². The first kappa shape index (κ1) is 15.7. The maximum absolute atomic E-state index is 6.40. The van der Waals surface area contributed by atoms with Crippen LogP contribution in [0.1, 0.15) is 36.1 Å². The molecule has 1 fully saturated rings. The molecule has 0 radical (unpaired) electrons. The minimum absolute atomic E-state index is 0.118. The molecule has 24 heavy (non-hydrogen) atoms. The summed E-state index contributed by atoms with van der Waals surface area (Å²) in [5.41, 5.74) is 3.95. The van der Waals surface area contributed by atoms with E-state index < -0.39 is 5.72 Å². The van der Waals surface area contributed by atoms with Crippen molar-refractivity contribution in [2.75, 3.05) is 4.90 Å². The van der Waals surface area contributed by atoms with Crippen molar-refractivity contribution in [1.29, 1.82) is 0 Å². The molecular weight excluding hydrogens is 340 g/mol. The number of hydrogen-bond donors (Lipinski definition) is 1. The average Bonchev–Trinajstić information content (AvgIpc) is 2.46. The SMILES string of the molecule is Cc1cc(C)cc(N2C(=S)NC3CC2(C)Oc2c(Cl)cccc23)c1. The minimum atomic E-state index is -0.564. The smallest absolute Gasteiger partial charge is 0.188 e. The molecule has 124 valence electrons. The summed E-state index contributed by atoms with van der Waals surface area (Å²) < 4.78 is 6.40. The normalized spacial score (nSPS) is 24.9. The van der Waals surface area contributed by atoms with Gasteiger partial charge in [0.1, 0.15) is 5.75 Å². The quantitative estimate of drug-likeness (QED) is 0.733. The van der Waals surface area contributed by atoms with E-state index in [2.05, 4.69) is 49.2 Å². The largest absolute Gasteiger partial charge is 0.466 e. The number of rotatable bonds is 1. The first-order chi connectivity index (χ1) is 11.4. The van der Waals surface area contributed by atoms with Crippen molar-refractivity contribution in [3.63, 3.8) is 0 Å². The highest BCUT2D eigenvalue weighted by Crippen LogP contribution is 2.48. The molecule has 2 atom stereocenters. The second kappa shape index (κ2) is 5.36. The highest BCUT2D eigenvalue weighted by atomic mass is 35.5. The maximum atomic E-state index is 6.40. The van der Waals surface area contributed by atoms with Gasteiger partial charge in [-0.3, -0.25) is 4.90 Å². The van der Waals surface area contributed by atoms with E-state index >= 15 is 0 Å². The van der Waals surface area contributed by atoms with E-state index in [1.807, 2.05) is 18.2 Å². The zero-order valence-corrected chi connectivity index (χ0v) is 15.5. The third-order valence-electron chi connectivity index (χ3n) is 4.72. The Labute approximate surface area is 152 Å². The molecule has 2 heterocycles. The fourth-order valence-corrected chi connectivity index (χ4v) is 4.48. The summed E-state index contributed by atoms with van der Waals surface area (Å²) >= 11 is 12.1. The molecule has 0 spiro atoms. The molecular formula is C19H19ClN2OS. The Morgan fingerprint density at radius 2 is 1.96 bits per heavy atom. The fraction of sp³-hybridized carbons (Fsp3) is 0.316. The first-order valence-corrected chi connectivity index (χ1v) is 8.82. The Morgan fingerprint density at radius 3 is 2.67 bits per heavy atom. The van der Waals surface area contributed by atoms with Crippen molar-refractivity contribution in [2.45, 2.75) is 39.0 Å². The van der Waals surface area contributed by atoms with Crippen LogP contribution < -0.4 is 15.0 Å². The van der Waals surface area contributed by atoms with Gasteiger partial charge in [-0.05, 0) is 62.3 Å². The molecule has 0 aliphatic carbocycles. The Balaban J connectivity index is 1.84. The van der Waals surface area contributed by atoms with Crippen molar-refractivity contribution >= 4 is 34.6 Å². The molecule has 5 heteroatoms. The van der Waals surface area contributed by atoms with Crippen molar-refractivity contribution in [3.05, 3.63) is 58.1 Å². The summed E-state index contributed by atoms with van der Waals surface area (Å²) in [5, 5.41) is 4.78. The zero-order valence-electron chi connectivity index (χ0n) is 13.9. The summed E-state index contributed by atoms with van der Waals surface area (Å²) in [4.78, 5) is 2.07. The van der Waals surface area contributed by atoms with E-state index in [4.69, 9.17) is 28.6 Å². The average molecular weight is 359 g/mol. The van der Waals surface area contributed by atoms with Gasteiger partial charge in [0.2, 0.25) is 0 Å². The standard InChI is InChI=1S/C19H19ClN2OS/c1-11-7-12(2)9-13(8-11)22-18(24)21-16-10-19(22,3)23-17-14(16)5-4-6-15(17)20/h4-9,16H,10H2,1-3H3,(H,21,24). The van der Waals surface area contributed by atoms with Crippen LogP contribution in [0.15, 0.2) is 36.4 Å². The molecule has 2 aromatic carbocycles. The summed E-state index contributed by atoms with van der Waals surface area (Å²) in [6.07, 6.45) is 0.799. The number of halogens is 1. The van der Waals surface area contributed by atoms with Crippen molar-refractivity contribution in [2.24, 2.45) is 0 Å². The summed E-state index contributed by atoms with van der Waals surface area (Å²) in [6.45, 7) is 6.27. The van der Waals surface area contributed by atoms with Crippen LogP contribution in [-0.2, 0) is 0 Å². The molecule has 0 aromatic heterocycles. The molecule has 4 rings (SSSR count). The number of aryl methyl sites for hydroxylation is 2. The maximum Gasteiger partial charge on any atom is 0.188 e. The van der Waals surface area contributed by atoms with Gasteiger partial charge in [-0.15, -0.1) is 0 Å². The van der Waals surface area contributed by atoms with Crippen LogP contribution in [0.25, 0.3) is 0 Å². The van der Waals surface area contributed by atoms with Gasteiger partial charge in [0.25, 0.3) is 0 Å². The number of thiocarbonyl (C=S) groups is 1. The van der Waals surface area contributed by atoms with E-state index in [9.17, 15) is 0 Å². The predicted octanol–water partition coefficient (Wildman–Crippen LogP) is 4.89. The van der Waals surface area contributed by atoms with Gasteiger partial charge in [0.15, 0.2) is 10.8 Å². The highest BCUT2D eigenvalue weighted by molar-refractivity contribution is 7.80. The summed E-state index contributed by atoms with van der Waals surface area (Å²) in [6, 6.07) is 12.4. The molecule has 3 nitrogen and oxygen atoms in total. The molecule has 2 aliphatic heterocycles. The summed E-state index contributed by atoms with van der Waals surface area (Å²) in [5.74, 6) is 0.752. The van der Waals surface area contributed by atoms with Crippen LogP contribution in [0.2, 0.25) is 5.02 Å². The van der Waals surface area contributed by atoms with Crippen LogP contribution >= 0.6 is 23.8 Å². The third-order valence-corrected chi connectivity index (χ3v) is 5.31. The lowest BCUT2D eigenvalue weighted by Gasteiger charge is -2.52. The number of nitrogens with one attached hydrogen (secondary N) is 1. The lowest BCUT2D eigenvalue weighted by Crippen LogP contribution is -2.65. The van der Waals surface area contributed by atoms with Gasteiger partial charge in [-0.25, -0.2) is 0 Å². The van der Waals surface area contributed by atoms with Gasteiger partial charge < -0.3 is 10.1 Å². The Hall–Kier alpha value is -1.78. The van der Waals surface area contributed by atoms with Crippen LogP contribution in [-0.4, -0.2) is 10.8 Å². The van der Waals surface area contributed by atoms with Gasteiger partial charge in [-0.2, -0.15) is 0 Å². The monoisotopic (exact) mass is 358 g/mol. The van der Waals surface area contributed by atoms with Crippen LogP contribution in [0.4, 0.5) is 5.69 Å². The number of ether oxygens (including phenoxy) is 1. The Kier molecular flexibility index (Phi) is 3.52. The fourth-order valence-electron chi connectivity index (χ4n) is 3.82. The van der Waals surface area contributed by atoms with Gasteiger partial charge >= 0.3 is 0 Å². The minimum Gasteiger partial charge on any atom is -0.466 e. The summed E-state index contributed by atoms with van der Waals surface area (Å²) in [7, 11) is 0. The second-order valence-corrected chi connectivity index (χ2v) is 7.62. The number of anilines is 1. The van der Waals surface area contributed by atoms with E-state index in [0.29, 0.717) is 10.1 Å². The van der Waals surface area contributed by atoms with Gasteiger partial charge in [-0.1, -0.05) is 29.8 Å². The highest BCUT2D eigenvalue weighted by Gasteiger charge is 2.48. The van der Waals surface area contributed by atoms with E-state index in [1.165, 1.54) is 11.1 Å². The van der Waals surface area contributed by atoms with E-state index in [0.717, 1.165) is 23.4 Å². The molecule has 2 bridgehead atoms. The third kappa shape index (κ3) is 2.36. The molecule has 1 saturated heterocycles. The number of fused-ring (bicyclic) bond motifs is 4. The number of para-hydroxylation sites is 1. The van der Waals surface area contributed by atoms with Crippen molar-refractivity contribution < 1.29 is 4.74 Å². The number of hydrogen-bond acceptors (Lipinski definition) is 2. The lowest BCUT2D eigenvalue weighted by molar-refractivity contribution is 0.0499.